The number of hydrogen-bond acceptors (Lipinski definition) is 1. The number of ketones is 1. The van der Waals surface area contributed by atoms with Crippen LogP contribution >= 0.6 is 15.9 Å². The number of hydrogen-bond donors (Lipinski definition) is 0. The summed E-state index contributed by atoms with van der Waals surface area (Å²) in [5.41, 5.74) is -0.745. The second-order valence-corrected chi connectivity index (χ2v) is 3.47. The smallest absolute Gasteiger partial charge is 0.265 e. The van der Waals surface area contributed by atoms with Gasteiger partial charge in [0.05, 0.1) is 4.47 Å². The van der Waals surface area contributed by atoms with E-state index in [1.807, 2.05) is 0 Å². The lowest BCUT2D eigenvalue weighted by Crippen LogP contribution is -2.02. The van der Waals surface area contributed by atoms with E-state index in [2.05, 4.69) is 15.9 Å². The predicted octanol–water partition coefficient (Wildman–Crippen LogP) is 3.73. The standard InChI is InChI=1S/C9H6BrF3O/c1-4(14)5-2-3-6(11)8(10)7(5)9(12)13/h2-3,9H,1H3. The van der Waals surface area contributed by atoms with Crippen molar-refractivity contribution in [1.29, 1.82) is 0 Å². The van der Waals surface area contributed by atoms with Crippen molar-refractivity contribution < 1.29 is 18.0 Å². The molecule has 14 heavy (non-hydrogen) atoms. The Morgan fingerprint density at radius 2 is 2.00 bits per heavy atom. The van der Waals surface area contributed by atoms with E-state index in [1.165, 1.54) is 0 Å². The second kappa shape index (κ2) is 4.13. The molecule has 1 rings (SSSR count). The molecule has 0 aliphatic carbocycles. The third-order valence-corrected chi connectivity index (χ3v) is 2.54. The highest BCUT2D eigenvalue weighted by Crippen LogP contribution is 2.32. The fourth-order valence-electron chi connectivity index (χ4n) is 1.09. The van der Waals surface area contributed by atoms with E-state index in [4.69, 9.17) is 0 Å². The monoisotopic (exact) mass is 266 g/mol. The maximum Gasteiger partial charge on any atom is 0.265 e. The van der Waals surface area contributed by atoms with Gasteiger partial charge in [0.25, 0.3) is 6.43 Å². The fourth-order valence-corrected chi connectivity index (χ4v) is 1.61. The molecule has 0 aliphatic heterocycles. The van der Waals surface area contributed by atoms with Crippen molar-refractivity contribution in [2.24, 2.45) is 0 Å². The molecule has 0 saturated carbocycles. The van der Waals surface area contributed by atoms with Crippen LogP contribution in [0.15, 0.2) is 16.6 Å². The first-order valence-corrected chi connectivity index (χ1v) is 4.51. The molecule has 0 aromatic heterocycles. The van der Waals surface area contributed by atoms with Gasteiger partial charge in [-0.1, -0.05) is 0 Å². The largest absolute Gasteiger partial charge is 0.294 e. The number of carbonyl (C=O) groups is 1. The van der Waals surface area contributed by atoms with Crippen LogP contribution in [0.25, 0.3) is 0 Å². The Kier molecular flexibility index (Phi) is 3.31. The molecule has 5 heteroatoms. The van der Waals surface area contributed by atoms with Crippen LogP contribution in [-0.2, 0) is 0 Å². The number of rotatable bonds is 2. The Hall–Kier alpha value is -0.840. The van der Waals surface area contributed by atoms with Gasteiger partial charge in [-0.2, -0.15) is 0 Å². The molecule has 0 saturated heterocycles. The van der Waals surface area contributed by atoms with Crippen molar-refractivity contribution >= 4 is 21.7 Å². The maximum atomic E-state index is 12.9. The number of alkyl halides is 2. The highest BCUT2D eigenvalue weighted by molar-refractivity contribution is 9.10. The van der Waals surface area contributed by atoms with Crippen molar-refractivity contribution in [3.8, 4) is 0 Å². The minimum atomic E-state index is -2.88. The van der Waals surface area contributed by atoms with Crippen molar-refractivity contribution in [2.45, 2.75) is 13.3 Å². The molecule has 0 unspecified atom stereocenters. The van der Waals surface area contributed by atoms with E-state index in [-0.39, 0.29) is 10.0 Å². The molecular formula is C9H6BrF3O. The quantitative estimate of drug-likeness (QED) is 0.746. The van der Waals surface area contributed by atoms with E-state index in [0.717, 1.165) is 19.1 Å². The highest BCUT2D eigenvalue weighted by atomic mass is 79.9. The van der Waals surface area contributed by atoms with Crippen LogP contribution in [0.3, 0.4) is 0 Å². The summed E-state index contributed by atoms with van der Waals surface area (Å²) in [6, 6.07) is 2.04. The molecule has 0 heterocycles. The number of Topliss-reactive ketones (excluding diaryl/α,β-unsaturated/α-hetero) is 1. The van der Waals surface area contributed by atoms with E-state index in [0.29, 0.717) is 0 Å². The Balaban J connectivity index is 3.45. The molecule has 0 radical (unpaired) electrons. The topological polar surface area (TPSA) is 17.1 Å². The first kappa shape index (κ1) is 11.2. The first-order chi connectivity index (χ1) is 6.45. The normalized spacial score (nSPS) is 10.7. The third-order valence-electron chi connectivity index (χ3n) is 1.73. The van der Waals surface area contributed by atoms with Gasteiger partial charge < -0.3 is 0 Å². The predicted molar refractivity (Wildman–Crippen MR) is 49.1 cm³/mol. The number of carbonyl (C=O) groups excluding carboxylic acids is 1. The summed E-state index contributed by atoms with van der Waals surface area (Å²) in [4.78, 5) is 11.0. The maximum absolute atomic E-state index is 12.9. The third kappa shape index (κ3) is 1.97. The number of halogens is 4. The molecule has 0 fully saturated rings. The molecule has 1 nitrogen and oxygen atoms in total. The van der Waals surface area contributed by atoms with Crippen LogP contribution in [0.4, 0.5) is 13.2 Å². The average Bonchev–Trinajstić information content (AvgIpc) is 2.08. The van der Waals surface area contributed by atoms with Gasteiger partial charge in [-0.25, -0.2) is 13.2 Å². The lowest BCUT2D eigenvalue weighted by Gasteiger charge is -2.08. The lowest BCUT2D eigenvalue weighted by atomic mass is 10.0. The van der Waals surface area contributed by atoms with Crippen LogP contribution in [0.2, 0.25) is 0 Å². The van der Waals surface area contributed by atoms with Gasteiger partial charge in [-0.15, -0.1) is 0 Å². The molecule has 1 aromatic rings. The summed E-state index contributed by atoms with van der Waals surface area (Å²) in [5, 5.41) is 0. The Labute approximate surface area is 87.1 Å². The zero-order valence-electron chi connectivity index (χ0n) is 7.15. The first-order valence-electron chi connectivity index (χ1n) is 3.72. The molecule has 0 spiro atoms. The summed E-state index contributed by atoms with van der Waals surface area (Å²) in [7, 11) is 0. The molecule has 1 aromatic carbocycles. The van der Waals surface area contributed by atoms with Crippen LogP contribution in [0.1, 0.15) is 29.3 Å². The Morgan fingerprint density at radius 3 is 2.43 bits per heavy atom. The molecule has 0 atom stereocenters. The highest BCUT2D eigenvalue weighted by Gasteiger charge is 2.21. The molecule has 0 amide bonds. The van der Waals surface area contributed by atoms with E-state index < -0.39 is 23.6 Å². The fraction of sp³-hybridized carbons (Fsp3) is 0.222. The van der Waals surface area contributed by atoms with Gasteiger partial charge in [-0.3, -0.25) is 4.79 Å². The lowest BCUT2D eigenvalue weighted by molar-refractivity contribution is 0.0998. The SMILES string of the molecule is CC(=O)c1ccc(F)c(Br)c1C(F)F. The zero-order chi connectivity index (χ0) is 10.9. The Bertz CT molecular complexity index is 377. The van der Waals surface area contributed by atoms with Gasteiger partial charge in [0.1, 0.15) is 5.82 Å². The minimum absolute atomic E-state index is 0.159. The van der Waals surface area contributed by atoms with Gasteiger partial charge >= 0.3 is 0 Å². The summed E-state index contributed by atoms with van der Waals surface area (Å²) in [6.45, 7) is 1.16. The summed E-state index contributed by atoms with van der Waals surface area (Å²) < 4.78 is 37.5. The van der Waals surface area contributed by atoms with Crippen LogP contribution in [-0.4, -0.2) is 5.78 Å². The van der Waals surface area contributed by atoms with Gasteiger partial charge in [0, 0.05) is 11.1 Å². The van der Waals surface area contributed by atoms with Gasteiger partial charge in [0.15, 0.2) is 5.78 Å². The van der Waals surface area contributed by atoms with Crippen LogP contribution in [0.5, 0.6) is 0 Å². The van der Waals surface area contributed by atoms with E-state index >= 15 is 0 Å². The molecule has 0 aliphatic rings. The molecule has 0 bridgehead atoms. The van der Waals surface area contributed by atoms with Crippen LogP contribution in [0, 0.1) is 5.82 Å². The molecule has 76 valence electrons. The average molecular weight is 267 g/mol. The van der Waals surface area contributed by atoms with Crippen molar-refractivity contribution in [3.05, 3.63) is 33.5 Å². The van der Waals surface area contributed by atoms with E-state index in [9.17, 15) is 18.0 Å². The van der Waals surface area contributed by atoms with Gasteiger partial charge in [0.2, 0.25) is 0 Å². The summed E-state index contributed by atoms with van der Waals surface area (Å²) >= 11 is 2.69. The summed E-state index contributed by atoms with van der Waals surface area (Å²) in [5.74, 6) is -1.31. The van der Waals surface area contributed by atoms with Crippen molar-refractivity contribution in [2.75, 3.05) is 0 Å². The summed E-state index contributed by atoms with van der Waals surface area (Å²) in [6.07, 6.45) is -2.88. The van der Waals surface area contributed by atoms with Crippen molar-refractivity contribution in [1.82, 2.24) is 0 Å². The minimum Gasteiger partial charge on any atom is -0.294 e. The number of benzene rings is 1. The molecular weight excluding hydrogens is 261 g/mol. The zero-order valence-corrected chi connectivity index (χ0v) is 8.74. The van der Waals surface area contributed by atoms with Gasteiger partial charge in [-0.05, 0) is 35.0 Å². The van der Waals surface area contributed by atoms with Crippen molar-refractivity contribution in [3.63, 3.8) is 0 Å². The Morgan fingerprint density at radius 1 is 1.43 bits per heavy atom. The van der Waals surface area contributed by atoms with E-state index in [1.54, 1.807) is 0 Å². The second-order valence-electron chi connectivity index (χ2n) is 2.68. The van der Waals surface area contributed by atoms with Crippen LogP contribution < -0.4 is 0 Å². The molecule has 0 N–H and O–H groups in total.